The molecule has 1 fully saturated rings. The average molecular weight is 391 g/mol. The van der Waals surface area contributed by atoms with Gasteiger partial charge in [0.2, 0.25) is 5.96 Å². The van der Waals surface area contributed by atoms with Crippen LogP contribution in [0.3, 0.4) is 0 Å². The molecule has 0 bridgehead atoms. The lowest BCUT2D eigenvalue weighted by Gasteiger charge is -2.14. The van der Waals surface area contributed by atoms with E-state index >= 15 is 0 Å². The van der Waals surface area contributed by atoms with Crippen LogP contribution in [0.2, 0.25) is 0 Å². The molecule has 3 rings (SSSR count). The van der Waals surface area contributed by atoms with Crippen LogP contribution in [0.15, 0.2) is 59.6 Å². The topological polar surface area (TPSA) is 62.7 Å². The van der Waals surface area contributed by atoms with Gasteiger partial charge in [-0.3, -0.25) is 10.1 Å². The number of halogens is 3. The Morgan fingerprint density at radius 3 is 2.43 bits per heavy atom. The fourth-order valence-electron chi connectivity index (χ4n) is 2.74. The van der Waals surface area contributed by atoms with Gasteiger partial charge in [0, 0.05) is 17.9 Å². The van der Waals surface area contributed by atoms with E-state index in [-0.39, 0.29) is 17.6 Å². The Morgan fingerprint density at radius 1 is 1.11 bits per heavy atom. The number of amides is 1. The number of hydrogen-bond acceptors (Lipinski definition) is 3. The van der Waals surface area contributed by atoms with Crippen molar-refractivity contribution in [2.24, 2.45) is 4.99 Å². The Kier molecular flexibility index (Phi) is 6.30. The van der Waals surface area contributed by atoms with Gasteiger partial charge in [-0.1, -0.05) is 18.2 Å². The van der Waals surface area contributed by atoms with Crippen molar-refractivity contribution >= 4 is 17.6 Å². The summed E-state index contributed by atoms with van der Waals surface area (Å²) in [7, 11) is 0. The highest BCUT2D eigenvalue weighted by Gasteiger charge is 2.30. The van der Waals surface area contributed by atoms with Crippen LogP contribution in [0.5, 0.6) is 0 Å². The lowest BCUT2D eigenvalue weighted by molar-refractivity contribution is -0.137. The zero-order valence-electron chi connectivity index (χ0n) is 15.0. The molecule has 2 aromatic rings. The van der Waals surface area contributed by atoms with Crippen molar-refractivity contribution < 1.29 is 22.7 Å². The van der Waals surface area contributed by atoms with Crippen LogP contribution in [-0.2, 0) is 10.9 Å². The Labute approximate surface area is 160 Å². The molecule has 5 nitrogen and oxygen atoms in total. The van der Waals surface area contributed by atoms with Crippen molar-refractivity contribution in [2.45, 2.75) is 25.1 Å². The first kappa shape index (κ1) is 19.9. The molecule has 148 valence electrons. The minimum atomic E-state index is -4.45. The number of aliphatic imine (C=N–C) groups is 1. The molecule has 1 amide bonds. The molecule has 0 unspecified atom stereocenters. The van der Waals surface area contributed by atoms with Gasteiger partial charge in [0.1, 0.15) is 0 Å². The third kappa shape index (κ3) is 5.56. The number of carbonyl (C=O) groups excluding carboxylic acids is 1. The van der Waals surface area contributed by atoms with E-state index in [0.717, 1.165) is 42.8 Å². The number of alkyl halides is 3. The van der Waals surface area contributed by atoms with Crippen molar-refractivity contribution in [1.29, 1.82) is 0 Å². The van der Waals surface area contributed by atoms with Gasteiger partial charge in [0.05, 0.1) is 18.2 Å². The maximum atomic E-state index is 12.7. The summed E-state index contributed by atoms with van der Waals surface area (Å²) >= 11 is 0. The van der Waals surface area contributed by atoms with Crippen molar-refractivity contribution in [3.8, 4) is 0 Å². The molecule has 1 heterocycles. The van der Waals surface area contributed by atoms with Crippen LogP contribution >= 0.6 is 0 Å². The van der Waals surface area contributed by atoms with Gasteiger partial charge >= 0.3 is 6.18 Å². The first-order valence-electron chi connectivity index (χ1n) is 8.88. The first-order valence-corrected chi connectivity index (χ1v) is 8.88. The molecule has 0 radical (unpaired) electrons. The molecule has 1 aliphatic heterocycles. The summed E-state index contributed by atoms with van der Waals surface area (Å²) in [6.07, 6.45) is -2.58. The summed E-state index contributed by atoms with van der Waals surface area (Å²) in [6, 6.07) is 13.2. The predicted octanol–water partition coefficient (Wildman–Crippen LogP) is 4.08. The van der Waals surface area contributed by atoms with Crippen LogP contribution in [0.1, 0.15) is 28.8 Å². The van der Waals surface area contributed by atoms with E-state index < -0.39 is 17.6 Å². The summed E-state index contributed by atoms with van der Waals surface area (Å²) in [4.78, 5) is 16.8. The second-order valence-corrected chi connectivity index (χ2v) is 6.34. The Hall–Kier alpha value is -2.87. The molecule has 1 saturated heterocycles. The van der Waals surface area contributed by atoms with E-state index in [1.807, 2.05) is 30.3 Å². The highest BCUT2D eigenvalue weighted by Crippen LogP contribution is 2.29. The van der Waals surface area contributed by atoms with Crippen molar-refractivity contribution in [1.82, 2.24) is 5.32 Å². The molecule has 2 aromatic carbocycles. The fraction of sp³-hybridized carbons (Fsp3) is 0.300. The summed E-state index contributed by atoms with van der Waals surface area (Å²) in [5, 5.41) is 5.65. The third-order valence-corrected chi connectivity index (χ3v) is 4.22. The minimum absolute atomic E-state index is 0.00413. The third-order valence-electron chi connectivity index (χ3n) is 4.22. The maximum Gasteiger partial charge on any atom is 0.416 e. The molecular weight excluding hydrogens is 371 g/mol. The predicted molar refractivity (Wildman–Crippen MR) is 100 cm³/mol. The number of anilines is 1. The van der Waals surface area contributed by atoms with Crippen molar-refractivity contribution in [3.05, 3.63) is 65.7 Å². The minimum Gasteiger partial charge on any atom is -0.376 e. The second-order valence-electron chi connectivity index (χ2n) is 6.34. The Bertz CT molecular complexity index is 815. The summed E-state index contributed by atoms with van der Waals surface area (Å²) in [5.41, 5.74) is 0.0210. The number of nitrogens with zero attached hydrogens (tertiary/aromatic N) is 1. The van der Waals surface area contributed by atoms with Gasteiger partial charge in [0.15, 0.2) is 0 Å². The molecule has 1 atom stereocenters. The number of hydrogen-bond donors (Lipinski definition) is 2. The molecule has 2 N–H and O–H groups in total. The number of carbonyl (C=O) groups is 1. The van der Waals surface area contributed by atoms with Gasteiger partial charge in [-0.25, -0.2) is 4.99 Å². The van der Waals surface area contributed by atoms with E-state index in [2.05, 4.69) is 15.6 Å². The van der Waals surface area contributed by atoms with Gasteiger partial charge in [-0.05, 0) is 49.2 Å². The summed E-state index contributed by atoms with van der Waals surface area (Å²) in [5.74, 6) is -0.338. The molecule has 0 aromatic heterocycles. The molecule has 1 aliphatic rings. The second kappa shape index (κ2) is 8.88. The summed E-state index contributed by atoms with van der Waals surface area (Å²) in [6.45, 7) is 1.07. The largest absolute Gasteiger partial charge is 0.416 e. The normalized spacial score (nSPS) is 17.4. The smallest absolute Gasteiger partial charge is 0.376 e. The molecule has 0 saturated carbocycles. The molecule has 0 spiro atoms. The quantitative estimate of drug-likeness (QED) is 0.610. The average Bonchev–Trinajstić information content (AvgIpc) is 3.20. The Balaban J connectivity index is 1.71. The number of ether oxygens (including phenoxy) is 1. The molecule has 0 aliphatic carbocycles. The van der Waals surface area contributed by atoms with E-state index in [9.17, 15) is 18.0 Å². The van der Waals surface area contributed by atoms with Gasteiger partial charge < -0.3 is 10.1 Å². The molecule has 28 heavy (non-hydrogen) atoms. The van der Waals surface area contributed by atoms with Crippen LogP contribution in [0, 0.1) is 0 Å². The number of rotatable bonds is 4. The monoisotopic (exact) mass is 391 g/mol. The van der Waals surface area contributed by atoms with Gasteiger partial charge in [-0.2, -0.15) is 13.2 Å². The van der Waals surface area contributed by atoms with Gasteiger partial charge in [-0.15, -0.1) is 0 Å². The zero-order valence-corrected chi connectivity index (χ0v) is 15.0. The standard InChI is InChI=1S/C20H20F3N3O2/c21-20(22,23)15-10-8-14(9-11-15)18(27)26-19(24-13-17-7-4-12-28-17)25-16-5-2-1-3-6-16/h1-3,5-6,8-11,17H,4,7,12-13H2,(H2,24,25,26,27)/t17-/m1/s1. The lowest BCUT2D eigenvalue weighted by atomic mass is 10.1. The van der Waals surface area contributed by atoms with Crippen molar-refractivity contribution in [2.75, 3.05) is 18.5 Å². The van der Waals surface area contributed by atoms with E-state index in [4.69, 9.17) is 4.74 Å². The fourth-order valence-corrected chi connectivity index (χ4v) is 2.74. The number of nitrogens with one attached hydrogen (secondary N) is 2. The number of guanidine groups is 1. The van der Waals surface area contributed by atoms with Crippen molar-refractivity contribution in [3.63, 3.8) is 0 Å². The van der Waals surface area contributed by atoms with E-state index in [1.54, 1.807) is 0 Å². The number of benzene rings is 2. The summed E-state index contributed by atoms with van der Waals surface area (Å²) < 4.78 is 43.6. The SMILES string of the molecule is O=C(NC(=NC[C@H]1CCCO1)Nc1ccccc1)c1ccc(C(F)(F)F)cc1. The van der Waals surface area contributed by atoms with Crippen LogP contribution in [-0.4, -0.2) is 31.1 Å². The maximum absolute atomic E-state index is 12.7. The highest BCUT2D eigenvalue weighted by atomic mass is 19.4. The lowest BCUT2D eigenvalue weighted by Crippen LogP contribution is -2.36. The van der Waals surface area contributed by atoms with Crippen LogP contribution in [0.4, 0.5) is 18.9 Å². The number of para-hydroxylation sites is 1. The molecular formula is C20H20F3N3O2. The van der Waals surface area contributed by atoms with Gasteiger partial charge in [0.25, 0.3) is 5.91 Å². The van der Waals surface area contributed by atoms with E-state index in [0.29, 0.717) is 13.2 Å². The highest BCUT2D eigenvalue weighted by molar-refractivity contribution is 6.09. The van der Waals surface area contributed by atoms with E-state index in [1.165, 1.54) is 0 Å². The Morgan fingerprint density at radius 2 is 1.82 bits per heavy atom. The van der Waals surface area contributed by atoms with Crippen LogP contribution < -0.4 is 10.6 Å². The zero-order chi connectivity index (χ0) is 20.0. The van der Waals surface area contributed by atoms with Crippen LogP contribution in [0.25, 0.3) is 0 Å². The molecule has 8 heteroatoms. The first-order chi connectivity index (χ1) is 13.4.